The van der Waals surface area contributed by atoms with Gasteiger partial charge < -0.3 is 5.73 Å². The van der Waals surface area contributed by atoms with E-state index in [2.05, 4.69) is 15.0 Å². The first-order valence-electron chi connectivity index (χ1n) is 4.50. The van der Waals surface area contributed by atoms with E-state index in [0.29, 0.717) is 10.8 Å². The van der Waals surface area contributed by atoms with Crippen LogP contribution in [0, 0.1) is 6.92 Å². The maximum absolute atomic E-state index is 5.86. The first kappa shape index (κ1) is 11.1. The smallest absolute Gasteiger partial charge is 0.227 e. The SMILES string of the molecule is Cc1cc(Cl)ccc1-c1nc(N)nc(Cl)n1. The second-order valence-corrected chi connectivity index (χ2v) is 4.02. The molecule has 0 fully saturated rings. The molecule has 2 aromatic rings. The summed E-state index contributed by atoms with van der Waals surface area (Å²) in [7, 11) is 0. The van der Waals surface area contributed by atoms with Crippen molar-refractivity contribution < 1.29 is 0 Å². The van der Waals surface area contributed by atoms with Crippen LogP contribution in [0.5, 0.6) is 0 Å². The molecule has 1 aromatic carbocycles. The summed E-state index contributed by atoms with van der Waals surface area (Å²) in [6.07, 6.45) is 0. The van der Waals surface area contributed by atoms with Crippen LogP contribution in [0.3, 0.4) is 0 Å². The Balaban J connectivity index is 2.58. The molecule has 0 unspecified atom stereocenters. The summed E-state index contributed by atoms with van der Waals surface area (Å²) in [5.74, 6) is 0.552. The molecule has 1 heterocycles. The van der Waals surface area contributed by atoms with Crippen molar-refractivity contribution >= 4 is 29.2 Å². The summed E-state index contributed by atoms with van der Waals surface area (Å²) in [5, 5.41) is 0.742. The molecule has 2 N–H and O–H groups in total. The van der Waals surface area contributed by atoms with E-state index >= 15 is 0 Å². The molecule has 6 heteroatoms. The van der Waals surface area contributed by atoms with E-state index in [4.69, 9.17) is 28.9 Å². The quantitative estimate of drug-likeness (QED) is 0.850. The number of rotatable bonds is 1. The van der Waals surface area contributed by atoms with Gasteiger partial charge in [0.15, 0.2) is 5.82 Å². The number of nitrogens with two attached hydrogens (primary N) is 1. The van der Waals surface area contributed by atoms with Crippen molar-refractivity contribution in [3.63, 3.8) is 0 Å². The number of hydrogen-bond donors (Lipinski definition) is 1. The zero-order valence-corrected chi connectivity index (χ0v) is 9.92. The fraction of sp³-hybridized carbons (Fsp3) is 0.100. The van der Waals surface area contributed by atoms with Crippen LogP contribution in [0.15, 0.2) is 18.2 Å². The van der Waals surface area contributed by atoms with Gasteiger partial charge in [0.2, 0.25) is 11.2 Å². The molecule has 0 radical (unpaired) electrons. The van der Waals surface area contributed by atoms with E-state index < -0.39 is 0 Å². The Kier molecular flexibility index (Phi) is 2.94. The van der Waals surface area contributed by atoms with Crippen LogP contribution < -0.4 is 5.73 Å². The lowest BCUT2D eigenvalue weighted by molar-refractivity contribution is 1.07. The summed E-state index contributed by atoms with van der Waals surface area (Å²) in [6, 6.07) is 5.41. The highest BCUT2D eigenvalue weighted by Crippen LogP contribution is 2.24. The summed E-state index contributed by atoms with van der Waals surface area (Å²) in [4.78, 5) is 11.7. The van der Waals surface area contributed by atoms with Crippen molar-refractivity contribution in [3.8, 4) is 11.4 Å². The van der Waals surface area contributed by atoms with Crippen molar-refractivity contribution in [3.05, 3.63) is 34.1 Å². The number of benzene rings is 1. The highest BCUT2D eigenvalue weighted by molar-refractivity contribution is 6.30. The monoisotopic (exact) mass is 254 g/mol. The highest BCUT2D eigenvalue weighted by Gasteiger charge is 2.08. The lowest BCUT2D eigenvalue weighted by atomic mass is 10.1. The minimum absolute atomic E-state index is 0.0804. The van der Waals surface area contributed by atoms with Crippen molar-refractivity contribution in [1.29, 1.82) is 0 Å². The Labute approximate surface area is 102 Å². The maximum Gasteiger partial charge on any atom is 0.227 e. The Bertz CT molecular complexity index is 522. The molecule has 2 rings (SSSR count). The van der Waals surface area contributed by atoms with Gasteiger partial charge in [-0.1, -0.05) is 11.6 Å². The van der Waals surface area contributed by atoms with Crippen LogP contribution in [0.2, 0.25) is 10.3 Å². The zero-order chi connectivity index (χ0) is 11.7. The van der Waals surface area contributed by atoms with E-state index in [1.54, 1.807) is 6.07 Å². The van der Waals surface area contributed by atoms with Crippen LogP contribution >= 0.6 is 23.2 Å². The van der Waals surface area contributed by atoms with Crippen LogP contribution in [0.4, 0.5) is 5.95 Å². The van der Waals surface area contributed by atoms with Crippen molar-refractivity contribution in [2.45, 2.75) is 6.92 Å². The van der Waals surface area contributed by atoms with Crippen LogP contribution in [-0.4, -0.2) is 15.0 Å². The van der Waals surface area contributed by atoms with E-state index in [1.165, 1.54) is 0 Å². The molecule has 1 aromatic heterocycles. The van der Waals surface area contributed by atoms with Crippen molar-refractivity contribution in [2.24, 2.45) is 0 Å². The average Bonchev–Trinajstić information content (AvgIpc) is 2.15. The lowest BCUT2D eigenvalue weighted by Crippen LogP contribution is -2.00. The Hall–Kier alpha value is -1.39. The molecule has 0 bridgehead atoms. The normalized spacial score (nSPS) is 10.4. The van der Waals surface area contributed by atoms with E-state index in [1.807, 2.05) is 19.1 Å². The zero-order valence-electron chi connectivity index (χ0n) is 8.41. The third kappa shape index (κ3) is 2.23. The van der Waals surface area contributed by atoms with Crippen LogP contribution in [0.25, 0.3) is 11.4 Å². The number of aromatic nitrogens is 3. The number of aryl methyl sites for hydroxylation is 1. The minimum atomic E-state index is 0.0804. The van der Waals surface area contributed by atoms with E-state index in [-0.39, 0.29) is 11.2 Å². The first-order valence-corrected chi connectivity index (χ1v) is 5.25. The second kappa shape index (κ2) is 4.23. The fourth-order valence-corrected chi connectivity index (χ4v) is 1.76. The topological polar surface area (TPSA) is 64.7 Å². The molecule has 0 aliphatic heterocycles. The van der Waals surface area contributed by atoms with E-state index in [9.17, 15) is 0 Å². The number of anilines is 1. The number of nitrogens with zero attached hydrogens (tertiary/aromatic N) is 3. The molecule has 0 aliphatic carbocycles. The molecule has 16 heavy (non-hydrogen) atoms. The Morgan fingerprint density at radius 3 is 2.50 bits per heavy atom. The van der Waals surface area contributed by atoms with Crippen LogP contribution in [0.1, 0.15) is 5.56 Å². The highest BCUT2D eigenvalue weighted by atomic mass is 35.5. The van der Waals surface area contributed by atoms with Gasteiger partial charge in [-0.05, 0) is 42.3 Å². The van der Waals surface area contributed by atoms with Gasteiger partial charge in [-0.25, -0.2) is 0 Å². The molecular formula is C10H8Cl2N4. The molecule has 0 spiro atoms. The van der Waals surface area contributed by atoms with Gasteiger partial charge in [-0.3, -0.25) is 0 Å². The number of hydrogen-bond acceptors (Lipinski definition) is 4. The summed E-state index contributed by atoms with van der Waals surface area (Å²) in [6.45, 7) is 1.91. The first-order chi connectivity index (χ1) is 7.56. The predicted octanol–water partition coefficient (Wildman–Crippen LogP) is 2.74. The summed E-state index contributed by atoms with van der Waals surface area (Å²) in [5.41, 5.74) is 7.29. The molecule has 0 atom stereocenters. The van der Waals surface area contributed by atoms with Crippen molar-refractivity contribution in [2.75, 3.05) is 5.73 Å². The third-order valence-electron chi connectivity index (χ3n) is 2.05. The molecular weight excluding hydrogens is 247 g/mol. The van der Waals surface area contributed by atoms with Crippen molar-refractivity contribution in [1.82, 2.24) is 15.0 Å². The Morgan fingerprint density at radius 1 is 1.12 bits per heavy atom. The molecule has 0 saturated carbocycles. The molecule has 82 valence electrons. The van der Waals surface area contributed by atoms with Gasteiger partial charge in [0.05, 0.1) is 0 Å². The minimum Gasteiger partial charge on any atom is -0.368 e. The van der Waals surface area contributed by atoms with Gasteiger partial charge in [0.25, 0.3) is 0 Å². The van der Waals surface area contributed by atoms with Gasteiger partial charge in [0, 0.05) is 10.6 Å². The predicted molar refractivity (Wildman–Crippen MR) is 64.4 cm³/mol. The second-order valence-electron chi connectivity index (χ2n) is 3.25. The molecule has 4 nitrogen and oxygen atoms in total. The van der Waals surface area contributed by atoms with Gasteiger partial charge in [-0.15, -0.1) is 0 Å². The largest absolute Gasteiger partial charge is 0.368 e. The molecule has 0 amide bonds. The third-order valence-corrected chi connectivity index (χ3v) is 2.46. The molecule has 0 aliphatic rings. The summed E-state index contributed by atoms with van der Waals surface area (Å²) < 4.78 is 0. The standard InChI is InChI=1S/C10H8Cl2N4/c1-5-4-6(11)2-3-7(5)8-14-9(12)16-10(13)15-8/h2-4H,1H3,(H2,13,14,15,16). The van der Waals surface area contributed by atoms with E-state index in [0.717, 1.165) is 11.1 Å². The number of halogens is 2. The van der Waals surface area contributed by atoms with Gasteiger partial charge in [0.1, 0.15) is 0 Å². The average molecular weight is 255 g/mol. The van der Waals surface area contributed by atoms with Gasteiger partial charge in [-0.2, -0.15) is 15.0 Å². The van der Waals surface area contributed by atoms with Gasteiger partial charge >= 0.3 is 0 Å². The summed E-state index contributed by atoms with van der Waals surface area (Å²) >= 11 is 11.6. The molecule has 0 saturated heterocycles. The Morgan fingerprint density at radius 2 is 1.88 bits per heavy atom. The van der Waals surface area contributed by atoms with Crippen LogP contribution in [-0.2, 0) is 0 Å². The fourth-order valence-electron chi connectivity index (χ4n) is 1.36. The maximum atomic E-state index is 5.86. The number of nitrogen functional groups attached to an aromatic ring is 1. The lowest BCUT2D eigenvalue weighted by Gasteiger charge is -2.05.